The summed E-state index contributed by atoms with van der Waals surface area (Å²) < 4.78 is 30.9. The second-order valence-electron chi connectivity index (χ2n) is 3.60. The van der Waals surface area contributed by atoms with Gasteiger partial charge in [-0.3, -0.25) is 10.1 Å². The van der Waals surface area contributed by atoms with Crippen LogP contribution < -0.4 is 9.46 Å². The van der Waals surface area contributed by atoms with Crippen LogP contribution in [0.4, 0.5) is 5.69 Å². The number of nitro groups is 1. The van der Waals surface area contributed by atoms with Crippen molar-refractivity contribution in [3.63, 3.8) is 0 Å². The average molecular weight is 284 g/mol. The second kappa shape index (κ2) is 5.69. The van der Waals surface area contributed by atoms with Gasteiger partial charge < -0.3 is 4.74 Å². The molecule has 1 aromatic rings. The molecular weight excluding hydrogens is 272 g/mol. The highest BCUT2D eigenvalue weighted by Crippen LogP contribution is 2.28. The highest BCUT2D eigenvalue weighted by atomic mass is 32.2. The molecule has 1 N–H and O–H groups in total. The van der Waals surface area contributed by atoms with Gasteiger partial charge in [0.25, 0.3) is 5.69 Å². The van der Waals surface area contributed by atoms with Crippen LogP contribution in [0.2, 0.25) is 0 Å². The summed E-state index contributed by atoms with van der Waals surface area (Å²) in [6, 6.07) is 2.69. The highest BCUT2D eigenvalue weighted by molar-refractivity contribution is 7.89. The molecule has 1 rings (SSSR count). The lowest BCUT2D eigenvalue weighted by atomic mass is 10.3. The van der Waals surface area contributed by atoms with Crippen LogP contribution in [0.3, 0.4) is 0 Å². The third kappa shape index (κ3) is 3.43. The maximum Gasteiger partial charge on any atom is 0.293 e. The molecule has 0 aliphatic rings. The van der Waals surface area contributed by atoms with E-state index < -0.39 is 31.6 Å². The normalized spacial score (nSPS) is 12.5. The van der Waals surface area contributed by atoms with E-state index in [0.717, 1.165) is 12.1 Å². The predicted octanol–water partition coefficient (Wildman–Crippen LogP) is 0.903. The fourth-order valence-electron chi connectivity index (χ4n) is 1.32. The van der Waals surface area contributed by atoms with Crippen LogP contribution in [0.5, 0.6) is 5.75 Å². The molecule has 0 fully saturated rings. The SMILES string of the molecule is C#CC(C)NS(=O)(=O)c1ccc(OC)cc1[N+](=O)[O-]. The molecule has 1 atom stereocenters. The molecule has 0 aliphatic carbocycles. The first-order valence-corrected chi connectivity index (χ1v) is 6.61. The molecular formula is C11H12N2O5S. The number of benzene rings is 1. The lowest BCUT2D eigenvalue weighted by molar-refractivity contribution is -0.387. The summed E-state index contributed by atoms with van der Waals surface area (Å²) in [5, 5.41) is 10.9. The van der Waals surface area contributed by atoms with Crippen LogP contribution in [0.15, 0.2) is 23.1 Å². The number of sulfonamides is 1. The first-order valence-electron chi connectivity index (χ1n) is 5.12. The van der Waals surface area contributed by atoms with E-state index in [2.05, 4.69) is 10.6 Å². The van der Waals surface area contributed by atoms with Gasteiger partial charge in [-0.05, 0) is 19.1 Å². The van der Waals surface area contributed by atoms with Crippen LogP contribution in [-0.4, -0.2) is 26.5 Å². The van der Waals surface area contributed by atoms with Gasteiger partial charge in [-0.15, -0.1) is 6.42 Å². The molecule has 0 aliphatic heterocycles. The number of nitrogens with zero attached hydrogens (tertiary/aromatic N) is 1. The smallest absolute Gasteiger partial charge is 0.293 e. The maximum absolute atomic E-state index is 12.0. The van der Waals surface area contributed by atoms with Gasteiger partial charge >= 0.3 is 0 Å². The molecule has 0 amide bonds. The fourth-order valence-corrected chi connectivity index (χ4v) is 2.64. The fraction of sp³-hybridized carbons (Fsp3) is 0.273. The number of hydrogen-bond acceptors (Lipinski definition) is 5. The van der Waals surface area contributed by atoms with Gasteiger partial charge in [-0.1, -0.05) is 5.92 Å². The van der Waals surface area contributed by atoms with E-state index in [1.807, 2.05) is 0 Å². The molecule has 8 heteroatoms. The zero-order valence-corrected chi connectivity index (χ0v) is 11.1. The van der Waals surface area contributed by atoms with E-state index in [1.165, 1.54) is 20.1 Å². The Morgan fingerprint density at radius 3 is 2.63 bits per heavy atom. The number of nitrogens with one attached hydrogen (secondary N) is 1. The monoisotopic (exact) mass is 284 g/mol. The standard InChI is InChI=1S/C11H12N2O5S/c1-4-8(2)12-19(16,17)11-6-5-9(18-3)7-10(11)13(14)15/h1,5-8,12H,2-3H3. The minimum absolute atomic E-state index is 0.190. The highest BCUT2D eigenvalue weighted by Gasteiger charge is 2.27. The molecule has 1 aromatic carbocycles. The zero-order valence-electron chi connectivity index (χ0n) is 10.3. The lowest BCUT2D eigenvalue weighted by Crippen LogP contribution is -2.31. The van der Waals surface area contributed by atoms with Gasteiger partial charge in [0.2, 0.25) is 10.0 Å². The minimum atomic E-state index is -4.06. The summed E-state index contributed by atoms with van der Waals surface area (Å²) in [7, 11) is -2.74. The van der Waals surface area contributed by atoms with Crippen LogP contribution in [0, 0.1) is 22.5 Å². The van der Waals surface area contributed by atoms with Gasteiger partial charge in [0, 0.05) is 0 Å². The zero-order chi connectivity index (χ0) is 14.6. The second-order valence-corrected chi connectivity index (χ2v) is 5.28. The molecule has 0 aromatic heterocycles. The van der Waals surface area contributed by atoms with Gasteiger partial charge in [-0.25, -0.2) is 8.42 Å². The van der Waals surface area contributed by atoms with Gasteiger partial charge in [0.15, 0.2) is 4.90 Å². The van der Waals surface area contributed by atoms with Crippen molar-refractivity contribution in [2.75, 3.05) is 7.11 Å². The summed E-state index contributed by atoms with van der Waals surface area (Å²) in [5.74, 6) is 2.37. The van der Waals surface area contributed by atoms with Crippen molar-refractivity contribution in [3.8, 4) is 18.1 Å². The molecule has 0 heterocycles. The van der Waals surface area contributed by atoms with Gasteiger partial charge in [0.05, 0.1) is 24.1 Å². The predicted molar refractivity (Wildman–Crippen MR) is 68.3 cm³/mol. The third-order valence-corrected chi connectivity index (χ3v) is 3.82. The number of nitro benzene ring substituents is 1. The van der Waals surface area contributed by atoms with Crippen molar-refractivity contribution < 1.29 is 18.1 Å². The molecule has 19 heavy (non-hydrogen) atoms. The number of methoxy groups -OCH3 is 1. The summed E-state index contributed by atoms with van der Waals surface area (Å²) >= 11 is 0. The first kappa shape index (κ1) is 14.9. The topological polar surface area (TPSA) is 98.5 Å². The molecule has 102 valence electrons. The van der Waals surface area contributed by atoms with Crippen LogP contribution in [0.1, 0.15) is 6.92 Å². The summed E-state index contributed by atoms with van der Waals surface area (Å²) in [4.78, 5) is 9.66. The largest absolute Gasteiger partial charge is 0.497 e. The van der Waals surface area contributed by atoms with E-state index in [1.54, 1.807) is 0 Å². The number of rotatable bonds is 5. The van der Waals surface area contributed by atoms with Crippen LogP contribution >= 0.6 is 0 Å². The average Bonchev–Trinajstić information content (AvgIpc) is 2.37. The third-order valence-electron chi connectivity index (χ3n) is 2.23. The van der Waals surface area contributed by atoms with Crippen molar-refractivity contribution in [2.45, 2.75) is 17.9 Å². The van der Waals surface area contributed by atoms with Gasteiger partial charge in [-0.2, -0.15) is 4.72 Å². The Hall–Kier alpha value is -2.11. The maximum atomic E-state index is 12.0. The Morgan fingerprint density at radius 1 is 1.53 bits per heavy atom. The number of terminal acetylenes is 1. The number of hydrogen-bond donors (Lipinski definition) is 1. The van der Waals surface area contributed by atoms with Crippen LogP contribution in [-0.2, 0) is 10.0 Å². The summed E-state index contributed by atoms with van der Waals surface area (Å²) in [6.07, 6.45) is 5.07. The molecule has 0 saturated heterocycles. The molecule has 0 saturated carbocycles. The van der Waals surface area contributed by atoms with Crippen molar-refractivity contribution >= 4 is 15.7 Å². The molecule has 1 unspecified atom stereocenters. The Morgan fingerprint density at radius 2 is 2.16 bits per heavy atom. The van der Waals surface area contributed by atoms with Crippen molar-refractivity contribution in [3.05, 3.63) is 28.3 Å². The van der Waals surface area contributed by atoms with Crippen molar-refractivity contribution in [1.82, 2.24) is 4.72 Å². The molecule has 0 spiro atoms. The first-order chi connectivity index (χ1) is 8.81. The quantitative estimate of drug-likeness (QED) is 0.492. The van der Waals surface area contributed by atoms with Crippen molar-refractivity contribution in [1.29, 1.82) is 0 Å². The summed E-state index contributed by atoms with van der Waals surface area (Å²) in [6.45, 7) is 1.45. The molecule has 7 nitrogen and oxygen atoms in total. The van der Waals surface area contributed by atoms with E-state index in [-0.39, 0.29) is 5.75 Å². The van der Waals surface area contributed by atoms with Gasteiger partial charge in [0.1, 0.15) is 5.75 Å². The van der Waals surface area contributed by atoms with E-state index in [9.17, 15) is 18.5 Å². The van der Waals surface area contributed by atoms with Crippen LogP contribution in [0.25, 0.3) is 0 Å². The molecule has 0 radical (unpaired) electrons. The van der Waals surface area contributed by atoms with E-state index in [0.29, 0.717) is 0 Å². The Bertz CT molecular complexity index is 633. The minimum Gasteiger partial charge on any atom is -0.497 e. The van der Waals surface area contributed by atoms with E-state index in [4.69, 9.17) is 11.2 Å². The Balaban J connectivity index is 3.35. The lowest BCUT2D eigenvalue weighted by Gasteiger charge is -2.10. The summed E-state index contributed by atoms with van der Waals surface area (Å²) in [5.41, 5.74) is -0.573. The Labute approximate surface area is 110 Å². The molecule has 0 bridgehead atoms. The number of ether oxygens (including phenoxy) is 1. The van der Waals surface area contributed by atoms with E-state index >= 15 is 0 Å². The van der Waals surface area contributed by atoms with Crippen molar-refractivity contribution in [2.24, 2.45) is 0 Å². The Kier molecular flexibility index (Phi) is 4.47.